The molecule has 1 rings (SSSR count). The van der Waals surface area contributed by atoms with E-state index < -0.39 is 11.9 Å². The van der Waals surface area contributed by atoms with Gasteiger partial charge in [0.05, 0.1) is 0 Å². The lowest BCUT2D eigenvalue weighted by atomic mass is 10.4. The Balaban J connectivity index is 2.44. The number of hydrogen-bond acceptors (Lipinski definition) is 4. The first kappa shape index (κ1) is 10.1. The molecule has 6 heteroatoms. The third-order valence-electron chi connectivity index (χ3n) is 1.53. The second-order valence-corrected chi connectivity index (χ2v) is 2.73. The van der Waals surface area contributed by atoms with Gasteiger partial charge < -0.3 is 20.0 Å². The molecule has 0 aliphatic carbocycles. The first-order valence-electron chi connectivity index (χ1n) is 3.89. The van der Waals surface area contributed by atoms with Gasteiger partial charge in [-0.25, -0.2) is 0 Å². The Labute approximate surface area is 80.3 Å². The van der Waals surface area contributed by atoms with E-state index in [-0.39, 0.29) is 13.1 Å². The van der Waals surface area contributed by atoms with Gasteiger partial charge in [-0.15, -0.1) is 0 Å². The van der Waals surface area contributed by atoms with Crippen LogP contribution in [0.5, 0.6) is 0 Å². The van der Waals surface area contributed by atoms with Crippen LogP contribution in [0.2, 0.25) is 0 Å². The zero-order valence-corrected chi connectivity index (χ0v) is 7.33. The molecule has 0 amide bonds. The predicted molar refractivity (Wildman–Crippen MR) is 47.0 cm³/mol. The fourth-order valence-electron chi connectivity index (χ4n) is 0.965. The molecule has 0 saturated carbocycles. The Kier molecular flexibility index (Phi) is 3.11. The number of carboxylic acids is 2. The molecule has 0 atom stereocenters. The summed E-state index contributed by atoms with van der Waals surface area (Å²) in [6.07, 6.45) is 6.04. The van der Waals surface area contributed by atoms with Crippen LogP contribution in [0.3, 0.4) is 0 Å². The standard InChI is InChI=1S/C8H10N2O4/c11-7(12)5-9-1-2-10(4-3-9)6-8(13)14/h1-4H,5-6H2,(H,11,12)(H,13,14). The quantitative estimate of drug-likeness (QED) is 0.646. The van der Waals surface area contributed by atoms with Gasteiger partial charge in [0.2, 0.25) is 0 Å². The summed E-state index contributed by atoms with van der Waals surface area (Å²) in [6.45, 7) is -0.262. The zero-order chi connectivity index (χ0) is 10.6. The summed E-state index contributed by atoms with van der Waals surface area (Å²) < 4.78 is 0. The van der Waals surface area contributed by atoms with Crippen molar-refractivity contribution in [2.24, 2.45) is 0 Å². The monoisotopic (exact) mass is 198 g/mol. The average molecular weight is 198 g/mol. The summed E-state index contributed by atoms with van der Waals surface area (Å²) in [5.41, 5.74) is 0. The van der Waals surface area contributed by atoms with Gasteiger partial charge in [0.1, 0.15) is 13.1 Å². The number of carbonyl (C=O) groups is 2. The van der Waals surface area contributed by atoms with Gasteiger partial charge in [-0.05, 0) is 0 Å². The smallest absolute Gasteiger partial charge is 0.323 e. The van der Waals surface area contributed by atoms with Crippen molar-refractivity contribution in [2.45, 2.75) is 0 Å². The number of rotatable bonds is 4. The van der Waals surface area contributed by atoms with Crippen LogP contribution in [0.4, 0.5) is 0 Å². The minimum atomic E-state index is -0.939. The van der Waals surface area contributed by atoms with E-state index in [2.05, 4.69) is 0 Å². The molecule has 1 aliphatic heterocycles. The second-order valence-electron chi connectivity index (χ2n) is 2.73. The zero-order valence-electron chi connectivity index (χ0n) is 7.33. The van der Waals surface area contributed by atoms with Crippen molar-refractivity contribution in [3.8, 4) is 0 Å². The van der Waals surface area contributed by atoms with E-state index in [0.29, 0.717) is 0 Å². The molecule has 6 nitrogen and oxygen atoms in total. The Bertz CT molecular complexity index is 256. The van der Waals surface area contributed by atoms with Crippen molar-refractivity contribution in [3.05, 3.63) is 24.8 Å². The summed E-state index contributed by atoms with van der Waals surface area (Å²) in [7, 11) is 0. The Morgan fingerprint density at radius 2 is 1.14 bits per heavy atom. The average Bonchev–Trinajstić information content (AvgIpc) is 2.06. The summed E-state index contributed by atoms with van der Waals surface area (Å²) >= 11 is 0. The highest BCUT2D eigenvalue weighted by molar-refractivity contribution is 5.70. The summed E-state index contributed by atoms with van der Waals surface area (Å²) in [5, 5.41) is 16.9. The first-order valence-corrected chi connectivity index (χ1v) is 3.89. The maximum atomic E-state index is 10.3. The van der Waals surface area contributed by atoms with Gasteiger partial charge in [-0.2, -0.15) is 0 Å². The Morgan fingerprint density at radius 3 is 1.36 bits per heavy atom. The summed E-state index contributed by atoms with van der Waals surface area (Å²) in [6, 6.07) is 0. The minimum absolute atomic E-state index is 0.131. The van der Waals surface area contributed by atoms with Crippen LogP contribution in [-0.4, -0.2) is 45.0 Å². The highest BCUT2D eigenvalue weighted by atomic mass is 16.4. The maximum absolute atomic E-state index is 10.3. The van der Waals surface area contributed by atoms with E-state index in [1.54, 1.807) is 0 Å². The summed E-state index contributed by atoms with van der Waals surface area (Å²) in [4.78, 5) is 23.5. The first-order chi connectivity index (χ1) is 6.58. The lowest BCUT2D eigenvalue weighted by Crippen LogP contribution is -2.27. The van der Waals surface area contributed by atoms with Crippen LogP contribution >= 0.6 is 0 Å². The van der Waals surface area contributed by atoms with E-state index in [4.69, 9.17) is 10.2 Å². The molecule has 0 aromatic carbocycles. The van der Waals surface area contributed by atoms with Crippen LogP contribution in [0.15, 0.2) is 24.8 Å². The molecule has 0 radical (unpaired) electrons. The maximum Gasteiger partial charge on any atom is 0.323 e. The van der Waals surface area contributed by atoms with Crippen LogP contribution in [0, 0.1) is 0 Å². The Hall–Kier alpha value is -1.98. The fraction of sp³-hybridized carbons (Fsp3) is 0.250. The fourth-order valence-corrected chi connectivity index (χ4v) is 0.965. The van der Waals surface area contributed by atoms with Crippen LogP contribution < -0.4 is 0 Å². The van der Waals surface area contributed by atoms with Crippen LogP contribution in [0.1, 0.15) is 0 Å². The predicted octanol–water partition coefficient (Wildman–Crippen LogP) is -0.284. The normalized spacial score (nSPS) is 14.6. The van der Waals surface area contributed by atoms with Gasteiger partial charge in [-0.1, -0.05) is 0 Å². The SMILES string of the molecule is O=C(O)CN1C=CN(CC(=O)O)C=C1. The lowest BCUT2D eigenvalue weighted by Gasteiger charge is -2.22. The van der Waals surface area contributed by atoms with Crippen molar-refractivity contribution < 1.29 is 19.8 Å². The summed E-state index contributed by atoms with van der Waals surface area (Å²) in [5.74, 6) is -1.88. The van der Waals surface area contributed by atoms with Crippen molar-refractivity contribution in [1.82, 2.24) is 9.80 Å². The molecule has 0 spiro atoms. The van der Waals surface area contributed by atoms with E-state index in [1.165, 1.54) is 34.6 Å². The van der Waals surface area contributed by atoms with Crippen LogP contribution in [-0.2, 0) is 9.59 Å². The van der Waals surface area contributed by atoms with Crippen molar-refractivity contribution >= 4 is 11.9 Å². The van der Waals surface area contributed by atoms with Gasteiger partial charge in [0.15, 0.2) is 0 Å². The molecule has 14 heavy (non-hydrogen) atoms. The second kappa shape index (κ2) is 4.31. The van der Waals surface area contributed by atoms with Crippen LogP contribution in [0.25, 0.3) is 0 Å². The molecule has 0 aromatic rings. The van der Waals surface area contributed by atoms with E-state index >= 15 is 0 Å². The molecule has 0 saturated heterocycles. The highest BCUT2D eigenvalue weighted by Crippen LogP contribution is 2.03. The molecule has 0 fully saturated rings. The molecule has 76 valence electrons. The van der Waals surface area contributed by atoms with Gasteiger partial charge in [-0.3, -0.25) is 9.59 Å². The molecule has 0 bridgehead atoms. The van der Waals surface area contributed by atoms with Crippen molar-refractivity contribution in [3.63, 3.8) is 0 Å². The third-order valence-corrected chi connectivity index (χ3v) is 1.53. The largest absolute Gasteiger partial charge is 0.480 e. The topological polar surface area (TPSA) is 81.1 Å². The molecule has 0 unspecified atom stereocenters. The highest BCUT2D eigenvalue weighted by Gasteiger charge is 2.08. The van der Waals surface area contributed by atoms with Crippen molar-refractivity contribution in [1.29, 1.82) is 0 Å². The number of carboxylic acid groups (broad SMARTS) is 2. The van der Waals surface area contributed by atoms with E-state index in [9.17, 15) is 9.59 Å². The van der Waals surface area contributed by atoms with Gasteiger partial charge in [0.25, 0.3) is 0 Å². The molecule has 2 N–H and O–H groups in total. The minimum Gasteiger partial charge on any atom is -0.480 e. The molecule has 0 aromatic heterocycles. The third kappa shape index (κ3) is 3.18. The van der Waals surface area contributed by atoms with Gasteiger partial charge >= 0.3 is 11.9 Å². The molecular weight excluding hydrogens is 188 g/mol. The van der Waals surface area contributed by atoms with Gasteiger partial charge in [0, 0.05) is 24.8 Å². The molecule has 1 heterocycles. The van der Waals surface area contributed by atoms with E-state index in [1.807, 2.05) is 0 Å². The number of hydrogen-bond donors (Lipinski definition) is 2. The number of aliphatic carboxylic acids is 2. The lowest BCUT2D eigenvalue weighted by molar-refractivity contribution is -0.138. The van der Waals surface area contributed by atoms with Crippen molar-refractivity contribution in [2.75, 3.05) is 13.1 Å². The molecule has 1 aliphatic rings. The Morgan fingerprint density at radius 1 is 0.857 bits per heavy atom. The van der Waals surface area contributed by atoms with E-state index in [0.717, 1.165) is 0 Å². The molecular formula is C8H10N2O4. The number of nitrogens with zero attached hydrogens (tertiary/aromatic N) is 2.